The van der Waals surface area contributed by atoms with E-state index in [4.69, 9.17) is 5.73 Å². The van der Waals surface area contributed by atoms with Crippen molar-refractivity contribution in [1.29, 1.82) is 0 Å². The Balaban J connectivity index is 2.23. The average Bonchev–Trinajstić information content (AvgIpc) is 2.75. The van der Waals surface area contributed by atoms with E-state index in [9.17, 15) is 8.42 Å². The second-order valence-electron chi connectivity index (χ2n) is 4.09. The second kappa shape index (κ2) is 5.62. The smallest absolute Gasteiger partial charge is 0.242 e. The van der Waals surface area contributed by atoms with Crippen molar-refractivity contribution in [2.24, 2.45) is 0 Å². The summed E-state index contributed by atoms with van der Waals surface area (Å²) in [6.07, 6.45) is 0. The molecule has 0 unspecified atom stereocenters. The molecule has 7 heteroatoms. The largest absolute Gasteiger partial charge is 0.399 e. The number of anilines is 1. The third-order valence-corrected chi connectivity index (χ3v) is 5.96. The third-order valence-electron chi connectivity index (χ3n) is 2.66. The first-order valence-corrected chi connectivity index (χ1v) is 8.68. The number of hydrogen-bond donors (Lipinski definition) is 2. The van der Waals surface area contributed by atoms with Crippen LogP contribution < -0.4 is 10.5 Å². The molecule has 0 saturated heterocycles. The Bertz CT molecular complexity index is 696. The Morgan fingerprint density at radius 1 is 1.37 bits per heavy atom. The molecule has 3 N–H and O–H groups in total. The monoisotopic (exact) mass is 360 g/mol. The van der Waals surface area contributed by atoms with Crippen LogP contribution in [0.2, 0.25) is 0 Å². The number of nitrogens with two attached hydrogens (primary N) is 1. The van der Waals surface area contributed by atoms with Gasteiger partial charge in [0.15, 0.2) is 0 Å². The molecule has 0 bridgehead atoms. The number of benzene rings is 1. The van der Waals surface area contributed by atoms with E-state index in [1.54, 1.807) is 23.5 Å². The zero-order valence-electron chi connectivity index (χ0n) is 10.2. The van der Waals surface area contributed by atoms with Gasteiger partial charge < -0.3 is 5.73 Å². The molecule has 0 spiro atoms. The third kappa shape index (κ3) is 3.36. The lowest BCUT2D eigenvalue weighted by Gasteiger charge is -2.09. The van der Waals surface area contributed by atoms with Crippen molar-refractivity contribution in [2.45, 2.75) is 18.4 Å². The first-order chi connectivity index (χ1) is 8.90. The van der Waals surface area contributed by atoms with E-state index in [0.717, 1.165) is 11.1 Å². The first kappa shape index (κ1) is 14.5. The highest BCUT2D eigenvalue weighted by molar-refractivity contribution is 9.10. The van der Waals surface area contributed by atoms with E-state index in [0.29, 0.717) is 10.2 Å². The van der Waals surface area contributed by atoms with Crippen LogP contribution in [-0.4, -0.2) is 8.42 Å². The van der Waals surface area contributed by atoms with E-state index in [1.807, 2.05) is 17.7 Å². The molecule has 0 saturated carbocycles. The zero-order valence-corrected chi connectivity index (χ0v) is 13.4. The summed E-state index contributed by atoms with van der Waals surface area (Å²) in [6.45, 7) is 2.23. The van der Waals surface area contributed by atoms with Crippen LogP contribution in [0.5, 0.6) is 0 Å². The van der Waals surface area contributed by atoms with Crippen LogP contribution in [0.15, 0.2) is 38.3 Å². The molecule has 102 valence electrons. The quantitative estimate of drug-likeness (QED) is 0.823. The van der Waals surface area contributed by atoms with Gasteiger partial charge in [-0.05, 0) is 62.9 Å². The molecule has 2 aromatic rings. The van der Waals surface area contributed by atoms with Crippen LogP contribution in [0.1, 0.15) is 11.1 Å². The minimum Gasteiger partial charge on any atom is -0.399 e. The second-order valence-corrected chi connectivity index (χ2v) is 7.43. The predicted octanol–water partition coefficient (Wildman–Crippen LogP) is 2.88. The molecule has 2 rings (SSSR count). The minimum absolute atomic E-state index is 0.153. The molecule has 0 aliphatic carbocycles. The lowest BCUT2D eigenvalue weighted by molar-refractivity contribution is 0.581. The summed E-state index contributed by atoms with van der Waals surface area (Å²) in [5.41, 5.74) is 8.10. The fraction of sp³-hybridized carbons (Fsp3) is 0.167. The number of sulfonamides is 1. The van der Waals surface area contributed by atoms with Gasteiger partial charge in [-0.15, -0.1) is 0 Å². The van der Waals surface area contributed by atoms with Gasteiger partial charge in [-0.3, -0.25) is 0 Å². The molecule has 1 heterocycles. The maximum atomic E-state index is 12.2. The lowest BCUT2D eigenvalue weighted by atomic mass is 10.2. The van der Waals surface area contributed by atoms with Gasteiger partial charge in [-0.25, -0.2) is 13.1 Å². The van der Waals surface area contributed by atoms with Gasteiger partial charge in [0, 0.05) is 16.7 Å². The number of thiophene rings is 1. The van der Waals surface area contributed by atoms with E-state index >= 15 is 0 Å². The summed E-state index contributed by atoms with van der Waals surface area (Å²) in [5, 5.41) is 3.92. The van der Waals surface area contributed by atoms with Crippen molar-refractivity contribution < 1.29 is 8.42 Å². The van der Waals surface area contributed by atoms with E-state index in [1.165, 1.54) is 6.07 Å². The van der Waals surface area contributed by atoms with Gasteiger partial charge in [-0.2, -0.15) is 11.3 Å². The highest BCUT2D eigenvalue weighted by atomic mass is 79.9. The normalized spacial score (nSPS) is 11.7. The van der Waals surface area contributed by atoms with Crippen molar-refractivity contribution in [3.05, 3.63) is 44.6 Å². The van der Waals surface area contributed by atoms with E-state index < -0.39 is 10.0 Å². The fourth-order valence-corrected chi connectivity index (χ4v) is 4.40. The maximum absolute atomic E-state index is 12.2. The van der Waals surface area contributed by atoms with Crippen molar-refractivity contribution in [1.82, 2.24) is 4.72 Å². The number of halogens is 1. The van der Waals surface area contributed by atoms with Gasteiger partial charge in [0.05, 0.1) is 4.90 Å². The number of nitrogen functional groups attached to an aromatic ring is 1. The van der Waals surface area contributed by atoms with Gasteiger partial charge in [0.2, 0.25) is 10.0 Å². The summed E-state index contributed by atoms with van der Waals surface area (Å²) in [7, 11) is -3.58. The molecule has 0 aliphatic heterocycles. The van der Waals surface area contributed by atoms with Gasteiger partial charge in [0.25, 0.3) is 0 Å². The summed E-state index contributed by atoms with van der Waals surface area (Å²) in [5.74, 6) is 0. The fourth-order valence-electron chi connectivity index (χ4n) is 1.54. The number of rotatable bonds is 4. The van der Waals surface area contributed by atoms with E-state index in [-0.39, 0.29) is 11.4 Å². The van der Waals surface area contributed by atoms with E-state index in [2.05, 4.69) is 20.7 Å². The lowest BCUT2D eigenvalue weighted by Crippen LogP contribution is -2.23. The summed E-state index contributed by atoms with van der Waals surface area (Å²) >= 11 is 4.78. The van der Waals surface area contributed by atoms with Gasteiger partial charge >= 0.3 is 0 Å². The highest BCUT2D eigenvalue weighted by Crippen LogP contribution is 2.24. The molecule has 1 aromatic heterocycles. The van der Waals surface area contributed by atoms with Crippen molar-refractivity contribution in [3.8, 4) is 0 Å². The highest BCUT2D eigenvalue weighted by Gasteiger charge is 2.18. The van der Waals surface area contributed by atoms with Crippen LogP contribution in [0, 0.1) is 6.92 Å². The SMILES string of the molecule is Cc1cscc1CNS(=O)(=O)c1cc(N)ccc1Br. The molecule has 4 nitrogen and oxygen atoms in total. The van der Waals surface area contributed by atoms with Crippen LogP contribution in [-0.2, 0) is 16.6 Å². The van der Waals surface area contributed by atoms with Crippen LogP contribution in [0.3, 0.4) is 0 Å². The molecule has 0 amide bonds. The molecule has 0 fully saturated rings. The summed E-state index contributed by atoms with van der Waals surface area (Å²) in [4.78, 5) is 0.153. The number of nitrogens with one attached hydrogen (secondary N) is 1. The van der Waals surface area contributed by atoms with Crippen molar-refractivity contribution >= 4 is 43.0 Å². The Labute approximate surface area is 124 Å². The van der Waals surface area contributed by atoms with Crippen LogP contribution in [0.4, 0.5) is 5.69 Å². The standard InChI is InChI=1S/C12H13BrN2O2S2/c1-8-6-18-7-9(8)5-15-19(16,17)12-4-10(14)2-3-11(12)13/h2-4,6-7,15H,5,14H2,1H3. The Morgan fingerprint density at radius 2 is 2.11 bits per heavy atom. The topological polar surface area (TPSA) is 72.2 Å². The molecule has 0 radical (unpaired) electrons. The van der Waals surface area contributed by atoms with Gasteiger partial charge in [-0.1, -0.05) is 0 Å². The molecular formula is C12H13BrN2O2S2. The Morgan fingerprint density at radius 3 is 2.74 bits per heavy atom. The molecule has 0 atom stereocenters. The number of hydrogen-bond acceptors (Lipinski definition) is 4. The minimum atomic E-state index is -3.58. The van der Waals surface area contributed by atoms with Crippen LogP contribution in [0.25, 0.3) is 0 Å². The molecular weight excluding hydrogens is 348 g/mol. The first-order valence-electron chi connectivity index (χ1n) is 5.46. The van der Waals surface area contributed by atoms with Crippen molar-refractivity contribution in [3.63, 3.8) is 0 Å². The molecule has 19 heavy (non-hydrogen) atoms. The van der Waals surface area contributed by atoms with Crippen LogP contribution >= 0.6 is 27.3 Å². The zero-order chi connectivity index (χ0) is 14.0. The Kier molecular flexibility index (Phi) is 4.29. The molecule has 1 aromatic carbocycles. The summed E-state index contributed by atoms with van der Waals surface area (Å²) < 4.78 is 27.5. The molecule has 0 aliphatic rings. The summed E-state index contributed by atoms with van der Waals surface area (Å²) in [6, 6.07) is 4.71. The average molecular weight is 361 g/mol. The Hall–Kier alpha value is -0.890. The van der Waals surface area contributed by atoms with Crippen molar-refractivity contribution in [2.75, 3.05) is 5.73 Å². The maximum Gasteiger partial charge on any atom is 0.242 e. The number of aryl methyl sites for hydroxylation is 1. The van der Waals surface area contributed by atoms with Gasteiger partial charge in [0.1, 0.15) is 0 Å². The predicted molar refractivity (Wildman–Crippen MR) is 81.6 cm³/mol.